The number of hydrogen-bond acceptors (Lipinski definition) is 4. The van der Waals surface area contributed by atoms with Crippen LogP contribution in [0, 0.1) is 6.92 Å². The van der Waals surface area contributed by atoms with E-state index in [1.807, 2.05) is 6.92 Å². The molecule has 0 aromatic heterocycles. The molecule has 0 spiro atoms. The third-order valence-electron chi connectivity index (χ3n) is 3.51. The number of rotatable bonds is 7. The monoisotopic (exact) mass is 416 g/mol. The number of sulfonamides is 1. The number of nitrogens with one attached hydrogen (secondary N) is 2. The van der Waals surface area contributed by atoms with Crippen LogP contribution in [0.1, 0.15) is 15.9 Å². The molecule has 0 aliphatic heterocycles. The maximum absolute atomic E-state index is 12.6. The molecule has 0 saturated heterocycles. The molecule has 0 aliphatic rings. The Morgan fingerprint density at radius 1 is 1.12 bits per heavy atom. The predicted octanol–water partition coefficient (Wildman–Crippen LogP) is 3.48. The summed E-state index contributed by atoms with van der Waals surface area (Å²) in [5.41, 5.74) is 1.21. The van der Waals surface area contributed by atoms with Crippen molar-refractivity contribution >= 4 is 44.8 Å². The minimum absolute atomic E-state index is 0.0626. The molecule has 2 N–H and O–H groups in total. The number of carbonyl (C=O) groups is 1. The van der Waals surface area contributed by atoms with Crippen molar-refractivity contribution in [2.45, 2.75) is 11.8 Å². The highest BCUT2D eigenvalue weighted by Crippen LogP contribution is 2.25. The van der Waals surface area contributed by atoms with Crippen molar-refractivity contribution in [3.63, 3.8) is 0 Å². The summed E-state index contributed by atoms with van der Waals surface area (Å²) in [4.78, 5) is 12.1. The summed E-state index contributed by atoms with van der Waals surface area (Å²) < 4.78 is 32.5. The van der Waals surface area contributed by atoms with Crippen molar-refractivity contribution in [3.05, 3.63) is 57.6 Å². The number of ether oxygens (including phenoxy) is 1. The van der Waals surface area contributed by atoms with Gasteiger partial charge in [0, 0.05) is 18.7 Å². The van der Waals surface area contributed by atoms with Crippen molar-refractivity contribution in [1.29, 1.82) is 0 Å². The Kier molecular flexibility index (Phi) is 6.88. The number of amides is 1. The Bertz CT molecular complexity index is 917. The van der Waals surface area contributed by atoms with Gasteiger partial charge in [0.25, 0.3) is 15.9 Å². The Morgan fingerprint density at radius 3 is 2.50 bits per heavy atom. The highest BCUT2D eigenvalue weighted by molar-refractivity contribution is 7.92. The second-order valence-electron chi connectivity index (χ2n) is 5.46. The molecular weight excluding hydrogens is 399 g/mol. The number of halogens is 2. The van der Waals surface area contributed by atoms with Gasteiger partial charge in [0.1, 0.15) is 0 Å². The number of hydrogen-bond donors (Lipinski definition) is 2. The third kappa shape index (κ3) is 5.11. The van der Waals surface area contributed by atoms with Crippen molar-refractivity contribution in [1.82, 2.24) is 5.32 Å². The van der Waals surface area contributed by atoms with E-state index in [4.69, 9.17) is 27.9 Å². The molecule has 140 valence electrons. The van der Waals surface area contributed by atoms with E-state index in [9.17, 15) is 13.2 Å². The molecule has 0 radical (unpaired) electrons. The van der Waals surface area contributed by atoms with E-state index < -0.39 is 15.9 Å². The fraction of sp³-hybridized carbons (Fsp3) is 0.235. The lowest BCUT2D eigenvalue weighted by Crippen LogP contribution is -2.27. The second-order valence-corrected chi connectivity index (χ2v) is 7.96. The Balaban J connectivity index is 2.27. The maximum Gasteiger partial charge on any atom is 0.261 e. The molecular formula is C17H18Cl2N2O4S. The lowest BCUT2D eigenvalue weighted by molar-refractivity contribution is 0.0937. The average molecular weight is 417 g/mol. The second kappa shape index (κ2) is 8.73. The van der Waals surface area contributed by atoms with E-state index >= 15 is 0 Å². The van der Waals surface area contributed by atoms with Gasteiger partial charge in [-0.05, 0) is 42.8 Å². The standard InChI is InChI=1S/C17H18Cl2N2O4S/c1-11-3-4-12(9-16(11)19)21-26(23,24)13-5-6-15(18)14(10-13)17(22)20-7-8-25-2/h3-6,9-10,21H,7-8H2,1-2H3,(H,20,22). The van der Waals surface area contributed by atoms with E-state index in [1.54, 1.807) is 12.1 Å². The zero-order chi connectivity index (χ0) is 19.3. The van der Waals surface area contributed by atoms with Crippen LogP contribution in [0.4, 0.5) is 5.69 Å². The average Bonchev–Trinajstić information content (AvgIpc) is 2.58. The van der Waals surface area contributed by atoms with Crippen molar-refractivity contribution in [2.75, 3.05) is 25.0 Å². The third-order valence-corrected chi connectivity index (χ3v) is 5.62. The first kappa shape index (κ1) is 20.5. The highest BCUT2D eigenvalue weighted by Gasteiger charge is 2.19. The van der Waals surface area contributed by atoms with Gasteiger partial charge < -0.3 is 10.1 Å². The van der Waals surface area contributed by atoms with Gasteiger partial charge >= 0.3 is 0 Å². The summed E-state index contributed by atoms with van der Waals surface area (Å²) >= 11 is 12.0. The first-order valence-corrected chi connectivity index (χ1v) is 9.84. The molecule has 2 rings (SSSR count). The van der Waals surface area contributed by atoms with E-state index in [2.05, 4.69) is 10.0 Å². The van der Waals surface area contributed by atoms with Crippen molar-refractivity contribution < 1.29 is 17.9 Å². The van der Waals surface area contributed by atoms with Crippen LogP contribution in [0.5, 0.6) is 0 Å². The van der Waals surface area contributed by atoms with Crippen LogP contribution in [-0.4, -0.2) is 34.6 Å². The molecule has 0 atom stereocenters. The number of methoxy groups -OCH3 is 1. The first-order chi connectivity index (χ1) is 12.2. The molecule has 0 fully saturated rings. The normalized spacial score (nSPS) is 11.2. The van der Waals surface area contributed by atoms with Gasteiger partial charge in [-0.15, -0.1) is 0 Å². The van der Waals surface area contributed by atoms with Crippen LogP contribution in [0.25, 0.3) is 0 Å². The summed E-state index contributed by atoms with van der Waals surface area (Å²) in [5, 5.41) is 3.20. The summed E-state index contributed by atoms with van der Waals surface area (Å²) in [6.45, 7) is 2.42. The molecule has 0 aliphatic carbocycles. The number of benzene rings is 2. The fourth-order valence-corrected chi connectivity index (χ4v) is 3.54. The van der Waals surface area contributed by atoms with Crippen LogP contribution in [0.15, 0.2) is 41.3 Å². The minimum atomic E-state index is -3.91. The van der Waals surface area contributed by atoms with Crippen LogP contribution in [0.2, 0.25) is 10.0 Å². The highest BCUT2D eigenvalue weighted by atomic mass is 35.5. The van der Waals surface area contributed by atoms with Gasteiger partial charge in [-0.1, -0.05) is 29.3 Å². The minimum Gasteiger partial charge on any atom is -0.383 e. The zero-order valence-corrected chi connectivity index (χ0v) is 16.5. The first-order valence-electron chi connectivity index (χ1n) is 7.60. The topological polar surface area (TPSA) is 84.5 Å². The van der Waals surface area contributed by atoms with Gasteiger partial charge in [0.15, 0.2) is 0 Å². The van der Waals surface area contributed by atoms with E-state index in [-0.39, 0.29) is 22.0 Å². The van der Waals surface area contributed by atoms with Crippen LogP contribution in [-0.2, 0) is 14.8 Å². The number of anilines is 1. The molecule has 1 amide bonds. The van der Waals surface area contributed by atoms with Gasteiger partial charge in [0.05, 0.1) is 27.8 Å². The molecule has 2 aromatic rings. The van der Waals surface area contributed by atoms with E-state index in [0.29, 0.717) is 17.3 Å². The SMILES string of the molecule is COCCNC(=O)c1cc(S(=O)(=O)Nc2ccc(C)c(Cl)c2)ccc1Cl. The number of carbonyl (C=O) groups excluding carboxylic acids is 1. The van der Waals surface area contributed by atoms with E-state index in [0.717, 1.165) is 5.56 Å². The molecule has 9 heteroatoms. The van der Waals surface area contributed by atoms with Crippen LogP contribution >= 0.6 is 23.2 Å². The summed E-state index contributed by atoms with van der Waals surface area (Å²) in [5.74, 6) is -0.484. The van der Waals surface area contributed by atoms with Crippen molar-refractivity contribution in [2.24, 2.45) is 0 Å². The molecule has 0 saturated carbocycles. The lowest BCUT2D eigenvalue weighted by atomic mass is 10.2. The maximum atomic E-state index is 12.6. The lowest BCUT2D eigenvalue weighted by Gasteiger charge is -2.11. The Morgan fingerprint density at radius 2 is 1.85 bits per heavy atom. The predicted molar refractivity (Wildman–Crippen MR) is 103 cm³/mol. The summed E-state index contributed by atoms with van der Waals surface area (Å²) in [7, 11) is -2.40. The fourth-order valence-electron chi connectivity index (χ4n) is 2.08. The molecule has 2 aromatic carbocycles. The van der Waals surface area contributed by atoms with Gasteiger partial charge in [0.2, 0.25) is 0 Å². The zero-order valence-electron chi connectivity index (χ0n) is 14.2. The largest absolute Gasteiger partial charge is 0.383 e. The van der Waals surface area contributed by atoms with Crippen LogP contribution in [0.3, 0.4) is 0 Å². The van der Waals surface area contributed by atoms with Gasteiger partial charge in [-0.25, -0.2) is 8.42 Å². The Labute approximate surface area is 162 Å². The van der Waals surface area contributed by atoms with Gasteiger partial charge in [-0.2, -0.15) is 0 Å². The smallest absolute Gasteiger partial charge is 0.261 e. The molecule has 0 heterocycles. The molecule has 0 bridgehead atoms. The summed E-state index contributed by atoms with van der Waals surface area (Å²) in [6, 6.07) is 8.74. The molecule has 26 heavy (non-hydrogen) atoms. The summed E-state index contributed by atoms with van der Waals surface area (Å²) in [6.07, 6.45) is 0. The molecule has 0 unspecified atom stereocenters. The Hall–Kier alpha value is -1.80. The van der Waals surface area contributed by atoms with Crippen molar-refractivity contribution in [3.8, 4) is 0 Å². The molecule has 6 nitrogen and oxygen atoms in total. The quantitative estimate of drug-likeness (QED) is 0.676. The van der Waals surface area contributed by atoms with E-state index in [1.165, 1.54) is 31.4 Å². The van der Waals surface area contributed by atoms with Gasteiger partial charge in [-0.3, -0.25) is 9.52 Å². The van der Waals surface area contributed by atoms with Crippen LogP contribution < -0.4 is 10.0 Å². The number of aryl methyl sites for hydroxylation is 1.